The van der Waals surface area contributed by atoms with E-state index in [4.69, 9.17) is 4.74 Å². The monoisotopic (exact) mass is 274 g/mol. The largest absolute Gasteiger partial charge is 0.497 e. The standard InChI is InChI=1S/C15H18N2O3/c1-20-12-4-2-11-3-5-14(18)17(13(11)8-12)10-15(19)6-7-16-9-15/h2-5,8,16,19H,6-7,9-10H2,1H3. The highest BCUT2D eigenvalue weighted by Crippen LogP contribution is 2.22. The van der Waals surface area contributed by atoms with E-state index in [1.54, 1.807) is 23.8 Å². The molecule has 5 nitrogen and oxygen atoms in total. The number of hydrogen-bond donors (Lipinski definition) is 2. The molecule has 2 aromatic rings. The van der Waals surface area contributed by atoms with Crippen molar-refractivity contribution in [2.75, 3.05) is 20.2 Å². The van der Waals surface area contributed by atoms with Crippen LogP contribution in [0.15, 0.2) is 35.1 Å². The number of aromatic nitrogens is 1. The van der Waals surface area contributed by atoms with Crippen molar-refractivity contribution in [1.29, 1.82) is 0 Å². The molecule has 0 bridgehead atoms. The summed E-state index contributed by atoms with van der Waals surface area (Å²) in [6.07, 6.45) is 0.653. The lowest BCUT2D eigenvalue weighted by molar-refractivity contribution is 0.0435. The van der Waals surface area contributed by atoms with Crippen LogP contribution in [0.4, 0.5) is 0 Å². The first-order chi connectivity index (χ1) is 9.61. The van der Waals surface area contributed by atoms with Crippen molar-refractivity contribution in [2.24, 2.45) is 0 Å². The van der Waals surface area contributed by atoms with E-state index < -0.39 is 5.60 Å². The third kappa shape index (κ3) is 2.30. The van der Waals surface area contributed by atoms with Gasteiger partial charge in [-0.05, 0) is 36.6 Å². The molecule has 1 aromatic carbocycles. The minimum absolute atomic E-state index is 0.105. The summed E-state index contributed by atoms with van der Waals surface area (Å²) in [6.45, 7) is 1.59. The molecule has 1 fully saturated rings. The number of β-amino-alcohol motifs (C(OH)–C–C–N with tert-alkyl or cyclic N) is 1. The highest BCUT2D eigenvalue weighted by atomic mass is 16.5. The first kappa shape index (κ1) is 13.1. The highest BCUT2D eigenvalue weighted by molar-refractivity contribution is 5.80. The summed E-state index contributed by atoms with van der Waals surface area (Å²) in [4.78, 5) is 12.2. The van der Waals surface area contributed by atoms with Crippen LogP contribution in [0, 0.1) is 0 Å². The molecule has 1 aliphatic rings. The summed E-state index contributed by atoms with van der Waals surface area (Å²) >= 11 is 0. The topological polar surface area (TPSA) is 63.5 Å². The van der Waals surface area contributed by atoms with Gasteiger partial charge in [0.1, 0.15) is 5.75 Å². The van der Waals surface area contributed by atoms with Gasteiger partial charge in [0, 0.05) is 18.7 Å². The van der Waals surface area contributed by atoms with Gasteiger partial charge in [0.15, 0.2) is 0 Å². The van der Waals surface area contributed by atoms with Gasteiger partial charge in [-0.1, -0.05) is 0 Å². The average molecular weight is 274 g/mol. The van der Waals surface area contributed by atoms with Gasteiger partial charge in [0.05, 0.1) is 24.8 Å². The second-order valence-electron chi connectivity index (χ2n) is 5.33. The molecule has 1 unspecified atom stereocenters. The van der Waals surface area contributed by atoms with Crippen LogP contribution < -0.4 is 15.6 Å². The van der Waals surface area contributed by atoms with Gasteiger partial charge in [0.25, 0.3) is 5.56 Å². The first-order valence-electron chi connectivity index (χ1n) is 6.72. The summed E-state index contributed by atoms with van der Waals surface area (Å²) in [5.74, 6) is 0.702. The van der Waals surface area contributed by atoms with Gasteiger partial charge in [-0.2, -0.15) is 0 Å². The second-order valence-corrected chi connectivity index (χ2v) is 5.33. The zero-order chi connectivity index (χ0) is 14.2. The Bertz CT molecular complexity index is 687. The summed E-state index contributed by atoms with van der Waals surface area (Å²) in [7, 11) is 1.60. The third-order valence-electron chi connectivity index (χ3n) is 3.87. The quantitative estimate of drug-likeness (QED) is 0.866. The maximum atomic E-state index is 12.2. The molecule has 3 rings (SSSR count). The van der Waals surface area contributed by atoms with E-state index in [2.05, 4.69) is 5.32 Å². The number of nitrogens with one attached hydrogen (secondary N) is 1. The number of fused-ring (bicyclic) bond motifs is 1. The molecule has 0 amide bonds. The van der Waals surface area contributed by atoms with E-state index in [1.807, 2.05) is 18.2 Å². The van der Waals surface area contributed by atoms with Gasteiger partial charge >= 0.3 is 0 Å². The molecule has 1 aromatic heterocycles. The lowest BCUT2D eigenvalue weighted by atomic mass is 10.0. The number of ether oxygens (including phenoxy) is 1. The summed E-state index contributed by atoms with van der Waals surface area (Å²) < 4.78 is 6.85. The summed E-state index contributed by atoms with van der Waals surface area (Å²) in [5.41, 5.74) is -0.176. The van der Waals surface area contributed by atoms with Crippen LogP contribution in [-0.4, -0.2) is 35.5 Å². The molecule has 2 heterocycles. The average Bonchev–Trinajstić information content (AvgIpc) is 2.88. The Morgan fingerprint density at radius 2 is 2.20 bits per heavy atom. The Kier molecular flexibility index (Phi) is 3.23. The Morgan fingerprint density at radius 1 is 1.40 bits per heavy atom. The molecule has 1 saturated heterocycles. The van der Waals surface area contributed by atoms with Gasteiger partial charge in [-0.15, -0.1) is 0 Å². The van der Waals surface area contributed by atoms with Crippen LogP contribution in [0.25, 0.3) is 10.9 Å². The van der Waals surface area contributed by atoms with Crippen LogP contribution in [0.5, 0.6) is 5.75 Å². The lowest BCUT2D eigenvalue weighted by Gasteiger charge is -2.23. The fraction of sp³-hybridized carbons (Fsp3) is 0.400. The van der Waals surface area contributed by atoms with E-state index >= 15 is 0 Å². The van der Waals surface area contributed by atoms with E-state index in [1.165, 1.54) is 0 Å². The molecular formula is C15H18N2O3. The van der Waals surface area contributed by atoms with Gasteiger partial charge < -0.3 is 19.7 Å². The van der Waals surface area contributed by atoms with Crippen molar-refractivity contribution in [1.82, 2.24) is 9.88 Å². The Labute approximate surface area is 116 Å². The predicted octanol–water partition coefficient (Wildman–Crippen LogP) is 0.735. The second kappa shape index (κ2) is 4.92. The highest BCUT2D eigenvalue weighted by Gasteiger charge is 2.32. The van der Waals surface area contributed by atoms with Crippen LogP contribution in [0.3, 0.4) is 0 Å². The van der Waals surface area contributed by atoms with Crippen LogP contribution >= 0.6 is 0 Å². The van der Waals surface area contributed by atoms with E-state index in [0.717, 1.165) is 17.4 Å². The molecule has 0 saturated carbocycles. The smallest absolute Gasteiger partial charge is 0.251 e. The van der Waals surface area contributed by atoms with Crippen LogP contribution in [-0.2, 0) is 6.54 Å². The third-order valence-corrected chi connectivity index (χ3v) is 3.87. The normalized spacial score (nSPS) is 22.3. The molecule has 2 N–H and O–H groups in total. The molecule has 0 spiro atoms. The molecule has 1 atom stereocenters. The number of aliphatic hydroxyl groups is 1. The molecule has 0 aliphatic carbocycles. The van der Waals surface area contributed by atoms with E-state index in [9.17, 15) is 9.90 Å². The predicted molar refractivity (Wildman–Crippen MR) is 77.2 cm³/mol. The fourth-order valence-electron chi connectivity index (χ4n) is 2.72. The molecular weight excluding hydrogens is 256 g/mol. The number of benzene rings is 1. The number of methoxy groups -OCH3 is 1. The molecule has 1 aliphatic heterocycles. The Hall–Kier alpha value is -1.85. The number of pyridine rings is 1. The van der Waals surface area contributed by atoms with Crippen molar-refractivity contribution in [3.8, 4) is 5.75 Å². The number of hydrogen-bond acceptors (Lipinski definition) is 4. The van der Waals surface area contributed by atoms with Gasteiger partial charge in [0.2, 0.25) is 0 Å². The Morgan fingerprint density at radius 3 is 2.90 bits per heavy atom. The van der Waals surface area contributed by atoms with E-state index in [-0.39, 0.29) is 5.56 Å². The molecule has 5 heteroatoms. The minimum Gasteiger partial charge on any atom is -0.497 e. The maximum Gasteiger partial charge on any atom is 0.251 e. The SMILES string of the molecule is COc1ccc2ccc(=O)n(CC3(O)CCNC3)c2c1. The Balaban J connectivity index is 2.12. The fourth-order valence-corrected chi connectivity index (χ4v) is 2.72. The lowest BCUT2D eigenvalue weighted by Crippen LogP contribution is -2.39. The van der Waals surface area contributed by atoms with E-state index in [0.29, 0.717) is 25.3 Å². The zero-order valence-corrected chi connectivity index (χ0v) is 11.4. The molecule has 0 radical (unpaired) electrons. The number of rotatable bonds is 3. The molecule has 20 heavy (non-hydrogen) atoms. The van der Waals surface area contributed by atoms with Crippen LogP contribution in [0.2, 0.25) is 0 Å². The summed E-state index contributed by atoms with van der Waals surface area (Å²) in [5, 5.41) is 14.6. The first-order valence-corrected chi connectivity index (χ1v) is 6.72. The summed E-state index contributed by atoms with van der Waals surface area (Å²) in [6, 6.07) is 8.96. The van der Waals surface area contributed by atoms with Crippen molar-refractivity contribution in [3.63, 3.8) is 0 Å². The maximum absolute atomic E-state index is 12.2. The zero-order valence-electron chi connectivity index (χ0n) is 11.4. The van der Waals surface area contributed by atoms with Crippen molar-refractivity contribution in [2.45, 2.75) is 18.6 Å². The van der Waals surface area contributed by atoms with Gasteiger partial charge in [-0.3, -0.25) is 4.79 Å². The van der Waals surface area contributed by atoms with Crippen molar-refractivity contribution in [3.05, 3.63) is 40.7 Å². The van der Waals surface area contributed by atoms with Crippen molar-refractivity contribution < 1.29 is 9.84 Å². The molecule has 106 valence electrons. The minimum atomic E-state index is -0.860. The van der Waals surface area contributed by atoms with Gasteiger partial charge in [-0.25, -0.2) is 0 Å². The van der Waals surface area contributed by atoms with Crippen molar-refractivity contribution >= 4 is 10.9 Å². The van der Waals surface area contributed by atoms with Crippen LogP contribution in [0.1, 0.15) is 6.42 Å². The number of nitrogens with zero attached hydrogens (tertiary/aromatic N) is 1.